The molecule has 8 heteroatoms. The van der Waals surface area contributed by atoms with Crippen LogP contribution in [0.5, 0.6) is 11.5 Å². The number of carbonyl (C=O) groups excluding carboxylic acids is 1. The summed E-state index contributed by atoms with van der Waals surface area (Å²) in [7, 11) is -3.65. The summed E-state index contributed by atoms with van der Waals surface area (Å²) < 4.78 is 37.1. The minimum Gasteiger partial charge on any atom is -0.490 e. The maximum absolute atomic E-state index is 12.8. The maximum Gasteiger partial charge on any atom is 0.243 e. The number of hydrogen-bond donors (Lipinski definition) is 1. The van der Waals surface area contributed by atoms with E-state index in [0.29, 0.717) is 30.4 Å². The molecule has 0 aromatic heterocycles. The van der Waals surface area contributed by atoms with E-state index < -0.39 is 22.0 Å². The first-order valence-electron chi connectivity index (χ1n) is 9.89. The SMILES string of the molecule is CCOc1ccc(CNC(=O)C(C)N(c2cccc(C)c2)S(C)(=O)=O)cc1OCC. The second kappa shape index (κ2) is 10.3. The number of hydrogen-bond acceptors (Lipinski definition) is 5. The van der Waals surface area contributed by atoms with Crippen molar-refractivity contribution in [3.8, 4) is 11.5 Å². The van der Waals surface area contributed by atoms with Crippen LogP contribution in [0.2, 0.25) is 0 Å². The van der Waals surface area contributed by atoms with Gasteiger partial charge in [-0.05, 0) is 63.1 Å². The van der Waals surface area contributed by atoms with Crippen molar-refractivity contribution in [2.24, 2.45) is 0 Å². The number of sulfonamides is 1. The molecule has 2 rings (SSSR count). The number of anilines is 1. The van der Waals surface area contributed by atoms with Gasteiger partial charge in [-0.25, -0.2) is 8.42 Å². The van der Waals surface area contributed by atoms with E-state index in [9.17, 15) is 13.2 Å². The van der Waals surface area contributed by atoms with E-state index in [1.807, 2.05) is 39.0 Å². The Kier molecular flexibility index (Phi) is 8.11. The first-order chi connectivity index (χ1) is 14.2. The van der Waals surface area contributed by atoms with Gasteiger partial charge < -0.3 is 14.8 Å². The normalized spacial score (nSPS) is 12.2. The molecule has 2 aromatic rings. The summed E-state index contributed by atoms with van der Waals surface area (Å²) >= 11 is 0. The van der Waals surface area contributed by atoms with E-state index in [4.69, 9.17) is 9.47 Å². The largest absolute Gasteiger partial charge is 0.490 e. The predicted octanol–water partition coefficient (Wildman–Crippen LogP) is 3.26. The van der Waals surface area contributed by atoms with Crippen molar-refractivity contribution >= 4 is 21.6 Å². The van der Waals surface area contributed by atoms with Gasteiger partial charge in [0.05, 0.1) is 25.2 Å². The molecule has 0 aliphatic carbocycles. The molecule has 0 saturated carbocycles. The van der Waals surface area contributed by atoms with Crippen molar-refractivity contribution in [3.05, 3.63) is 53.6 Å². The molecule has 0 fully saturated rings. The van der Waals surface area contributed by atoms with Crippen molar-refractivity contribution in [1.82, 2.24) is 5.32 Å². The van der Waals surface area contributed by atoms with Gasteiger partial charge in [0.2, 0.25) is 15.9 Å². The van der Waals surface area contributed by atoms with Crippen molar-refractivity contribution in [1.29, 1.82) is 0 Å². The average Bonchev–Trinajstić information content (AvgIpc) is 2.67. The third-order valence-electron chi connectivity index (χ3n) is 4.42. The van der Waals surface area contributed by atoms with Gasteiger partial charge in [0, 0.05) is 6.54 Å². The quantitative estimate of drug-likeness (QED) is 0.620. The molecule has 7 nitrogen and oxygen atoms in total. The molecule has 2 aromatic carbocycles. The number of benzene rings is 2. The fourth-order valence-electron chi connectivity index (χ4n) is 3.12. The number of carbonyl (C=O) groups is 1. The Morgan fingerprint density at radius 2 is 1.73 bits per heavy atom. The van der Waals surface area contributed by atoms with Crippen molar-refractivity contribution < 1.29 is 22.7 Å². The molecule has 164 valence electrons. The number of aryl methyl sites for hydroxylation is 1. The smallest absolute Gasteiger partial charge is 0.243 e. The molecule has 0 aliphatic rings. The number of amides is 1. The molecular formula is C22H30N2O5S. The summed E-state index contributed by atoms with van der Waals surface area (Å²) in [6.07, 6.45) is 1.10. The zero-order valence-corrected chi connectivity index (χ0v) is 19.0. The van der Waals surface area contributed by atoms with Gasteiger partial charge >= 0.3 is 0 Å². The molecule has 0 aliphatic heterocycles. The van der Waals surface area contributed by atoms with Gasteiger partial charge in [0.15, 0.2) is 11.5 Å². The van der Waals surface area contributed by atoms with Crippen LogP contribution in [-0.4, -0.2) is 39.8 Å². The third kappa shape index (κ3) is 6.13. The van der Waals surface area contributed by atoms with Crippen LogP contribution in [0.25, 0.3) is 0 Å². The van der Waals surface area contributed by atoms with Crippen LogP contribution >= 0.6 is 0 Å². The van der Waals surface area contributed by atoms with E-state index >= 15 is 0 Å². The van der Waals surface area contributed by atoms with E-state index in [1.54, 1.807) is 31.2 Å². The Bertz CT molecular complexity index is 975. The summed E-state index contributed by atoms with van der Waals surface area (Å²) in [5, 5.41) is 2.82. The highest BCUT2D eigenvalue weighted by Crippen LogP contribution is 2.28. The number of ether oxygens (including phenoxy) is 2. The van der Waals surface area contributed by atoms with Crippen molar-refractivity contribution in [2.45, 2.75) is 40.3 Å². The molecule has 0 bridgehead atoms. The van der Waals surface area contributed by atoms with E-state index in [1.165, 1.54) is 0 Å². The zero-order chi connectivity index (χ0) is 22.3. The Morgan fingerprint density at radius 1 is 1.07 bits per heavy atom. The lowest BCUT2D eigenvalue weighted by atomic mass is 10.2. The molecular weight excluding hydrogens is 404 g/mol. The van der Waals surface area contributed by atoms with Crippen LogP contribution in [0.1, 0.15) is 31.9 Å². The lowest BCUT2D eigenvalue weighted by Crippen LogP contribution is -2.47. The van der Waals surface area contributed by atoms with E-state index in [2.05, 4.69) is 5.32 Å². The van der Waals surface area contributed by atoms with Gasteiger partial charge in [-0.2, -0.15) is 0 Å². The highest BCUT2D eigenvalue weighted by Gasteiger charge is 2.29. The molecule has 0 saturated heterocycles. The van der Waals surface area contributed by atoms with Crippen LogP contribution < -0.4 is 19.1 Å². The van der Waals surface area contributed by atoms with Gasteiger partial charge in [0.1, 0.15) is 6.04 Å². The van der Waals surface area contributed by atoms with Crippen LogP contribution in [0.15, 0.2) is 42.5 Å². The first-order valence-corrected chi connectivity index (χ1v) is 11.7. The Balaban J connectivity index is 2.17. The fourth-order valence-corrected chi connectivity index (χ4v) is 4.28. The molecule has 30 heavy (non-hydrogen) atoms. The molecule has 1 unspecified atom stereocenters. The van der Waals surface area contributed by atoms with Gasteiger partial charge in [-0.1, -0.05) is 18.2 Å². The number of rotatable bonds is 10. The molecule has 0 spiro atoms. The lowest BCUT2D eigenvalue weighted by molar-refractivity contribution is -0.122. The Morgan fingerprint density at radius 3 is 2.33 bits per heavy atom. The monoisotopic (exact) mass is 434 g/mol. The average molecular weight is 435 g/mol. The lowest BCUT2D eigenvalue weighted by Gasteiger charge is -2.28. The molecule has 0 heterocycles. The van der Waals surface area contributed by atoms with Gasteiger partial charge in [-0.15, -0.1) is 0 Å². The Labute approximate surface area is 179 Å². The van der Waals surface area contributed by atoms with Crippen molar-refractivity contribution in [2.75, 3.05) is 23.8 Å². The van der Waals surface area contributed by atoms with E-state index in [-0.39, 0.29) is 6.54 Å². The summed E-state index contributed by atoms with van der Waals surface area (Å²) in [5.74, 6) is 0.857. The topological polar surface area (TPSA) is 84.9 Å². The molecule has 1 amide bonds. The zero-order valence-electron chi connectivity index (χ0n) is 18.1. The van der Waals surface area contributed by atoms with Gasteiger partial charge in [0.25, 0.3) is 0 Å². The summed E-state index contributed by atoms with van der Waals surface area (Å²) in [6.45, 7) is 8.48. The van der Waals surface area contributed by atoms with Crippen LogP contribution in [0, 0.1) is 6.92 Å². The Hall–Kier alpha value is -2.74. The highest BCUT2D eigenvalue weighted by molar-refractivity contribution is 7.92. The molecule has 1 N–H and O–H groups in total. The molecule has 1 atom stereocenters. The van der Waals surface area contributed by atoms with Gasteiger partial charge in [-0.3, -0.25) is 9.10 Å². The summed E-state index contributed by atoms with van der Waals surface area (Å²) in [4.78, 5) is 12.8. The molecule has 0 radical (unpaired) electrons. The van der Waals surface area contributed by atoms with Crippen LogP contribution in [-0.2, 0) is 21.4 Å². The minimum absolute atomic E-state index is 0.237. The fraction of sp³-hybridized carbons (Fsp3) is 0.409. The maximum atomic E-state index is 12.8. The summed E-state index contributed by atoms with van der Waals surface area (Å²) in [5.41, 5.74) is 2.19. The highest BCUT2D eigenvalue weighted by atomic mass is 32.2. The number of nitrogens with one attached hydrogen (secondary N) is 1. The predicted molar refractivity (Wildman–Crippen MR) is 119 cm³/mol. The third-order valence-corrected chi connectivity index (χ3v) is 5.66. The standard InChI is InChI=1S/C22H30N2O5S/c1-6-28-20-12-11-18(14-21(20)29-7-2)15-23-22(25)17(4)24(30(5,26)27)19-10-8-9-16(3)13-19/h8-14,17H,6-7,15H2,1-5H3,(H,23,25). The van der Waals surface area contributed by atoms with Crippen molar-refractivity contribution in [3.63, 3.8) is 0 Å². The number of nitrogens with zero attached hydrogens (tertiary/aromatic N) is 1. The van der Waals surface area contributed by atoms with Crippen LogP contribution in [0.3, 0.4) is 0 Å². The minimum atomic E-state index is -3.65. The first kappa shape index (κ1) is 23.5. The second-order valence-electron chi connectivity index (χ2n) is 6.94. The van der Waals surface area contributed by atoms with Crippen LogP contribution in [0.4, 0.5) is 5.69 Å². The second-order valence-corrected chi connectivity index (χ2v) is 8.80. The summed E-state index contributed by atoms with van der Waals surface area (Å²) in [6, 6.07) is 11.6. The van der Waals surface area contributed by atoms with E-state index in [0.717, 1.165) is 21.7 Å².